The second kappa shape index (κ2) is 7.63. The first-order valence-corrected chi connectivity index (χ1v) is 11.0. The summed E-state index contributed by atoms with van der Waals surface area (Å²) >= 11 is 0. The third-order valence-corrected chi connectivity index (χ3v) is 6.10. The molecule has 12 heteroatoms. The Bertz CT molecular complexity index is 1360. The number of nitrogens with one attached hydrogen (secondary N) is 1. The van der Waals surface area contributed by atoms with Gasteiger partial charge in [0.15, 0.2) is 28.8 Å². The van der Waals surface area contributed by atoms with Gasteiger partial charge in [-0.15, -0.1) is 10.2 Å². The Morgan fingerprint density at radius 3 is 2.74 bits per heavy atom. The lowest BCUT2D eigenvalue weighted by molar-refractivity contribution is 0.297. The predicted molar refractivity (Wildman–Crippen MR) is 107 cm³/mol. The molecule has 3 aromatic heterocycles. The summed E-state index contributed by atoms with van der Waals surface area (Å²) in [5.74, 6) is 2.28. The van der Waals surface area contributed by atoms with Crippen molar-refractivity contribution in [1.29, 1.82) is 0 Å². The van der Waals surface area contributed by atoms with Gasteiger partial charge in [0, 0.05) is 24.2 Å². The number of pyridine rings is 1. The Hall–Kier alpha value is -3.51. The zero-order valence-corrected chi connectivity index (χ0v) is 17.3. The van der Waals surface area contributed by atoms with E-state index < -0.39 is 10.0 Å². The average Bonchev–Trinajstić information content (AvgIpc) is 3.30. The topological polar surface area (TPSA) is 134 Å². The molecule has 1 N–H and O–H groups in total. The van der Waals surface area contributed by atoms with Gasteiger partial charge in [0.1, 0.15) is 0 Å². The normalized spacial score (nSPS) is 14.0. The summed E-state index contributed by atoms with van der Waals surface area (Å²) in [6.45, 7) is 2.69. The van der Waals surface area contributed by atoms with E-state index in [4.69, 9.17) is 14.0 Å². The molecule has 0 amide bonds. The molecular formula is C19H18N6O5S. The van der Waals surface area contributed by atoms with Crippen LogP contribution in [0.5, 0.6) is 11.5 Å². The van der Waals surface area contributed by atoms with Crippen LogP contribution < -0.4 is 14.2 Å². The number of hydrogen-bond acceptors (Lipinski definition) is 9. The van der Waals surface area contributed by atoms with Crippen LogP contribution in [0.3, 0.4) is 0 Å². The molecule has 11 nitrogen and oxygen atoms in total. The zero-order valence-electron chi connectivity index (χ0n) is 16.5. The lowest BCUT2D eigenvalue weighted by atomic mass is 10.2. The van der Waals surface area contributed by atoms with Crippen LogP contribution in [0.4, 0.5) is 0 Å². The van der Waals surface area contributed by atoms with Crippen molar-refractivity contribution in [2.45, 2.75) is 24.8 Å². The third kappa shape index (κ3) is 3.82. The Kier molecular flexibility index (Phi) is 4.79. The fraction of sp³-hybridized carbons (Fsp3) is 0.263. The van der Waals surface area contributed by atoms with Gasteiger partial charge in [-0.25, -0.2) is 13.1 Å². The number of sulfonamides is 1. The fourth-order valence-electron chi connectivity index (χ4n) is 3.16. The highest BCUT2D eigenvalue weighted by atomic mass is 32.2. The van der Waals surface area contributed by atoms with E-state index >= 15 is 0 Å². The van der Waals surface area contributed by atoms with Crippen LogP contribution in [-0.4, -0.2) is 46.4 Å². The van der Waals surface area contributed by atoms with Crippen LogP contribution in [0.2, 0.25) is 0 Å². The number of rotatable bonds is 5. The van der Waals surface area contributed by atoms with Crippen LogP contribution in [0.25, 0.3) is 17.1 Å². The molecular weight excluding hydrogens is 424 g/mol. The largest absolute Gasteiger partial charge is 0.490 e. The van der Waals surface area contributed by atoms with Gasteiger partial charge in [-0.05, 0) is 31.2 Å². The molecule has 0 unspecified atom stereocenters. The zero-order chi connectivity index (χ0) is 21.4. The predicted octanol–water partition coefficient (Wildman–Crippen LogP) is 1.73. The SMILES string of the molecule is Cc1noc(-c2ccn3c(CNS(=O)(=O)c4ccc5c(c4)OCCCO5)nnc3c2)n1. The van der Waals surface area contributed by atoms with E-state index in [1.165, 1.54) is 12.1 Å². The minimum atomic E-state index is -3.80. The summed E-state index contributed by atoms with van der Waals surface area (Å²) in [7, 11) is -3.80. The molecule has 0 fully saturated rings. The first-order valence-electron chi connectivity index (χ1n) is 9.53. The van der Waals surface area contributed by atoms with Crippen molar-refractivity contribution in [3.05, 3.63) is 48.2 Å². The third-order valence-electron chi connectivity index (χ3n) is 4.70. The molecule has 4 heterocycles. The summed E-state index contributed by atoms with van der Waals surface area (Å²) < 4.78 is 46.1. The molecule has 160 valence electrons. The Balaban J connectivity index is 1.36. The minimum Gasteiger partial charge on any atom is -0.490 e. The molecule has 1 aliphatic heterocycles. The molecule has 0 aliphatic carbocycles. The summed E-state index contributed by atoms with van der Waals surface area (Å²) in [4.78, 5) is 4.27. The van der Waals surface area contributed by atoms with Crippen molar-refractivity contribution in [1.82, 2.24) is 29.5 Å². The summed E-state index contributed by atoms with van der Waals surface area (Å²) in [6.07, 6.45) is 2.46. The van der Waals surface area contributed by atoms with Gasteiger partial charge in [0.05, 0.1) is 24.7 Å². The van der Waals surface area contributed by atoms with Crippen LogP contribution >= 0.6 is 0 Å². The van der Waals surface area contributed by atoms with Gasteiger partial charge in [0.25, 0.3) is 5.89 Å². The van der Waals surface area contributed by atoms with Gasteiger partial charge in [-0.1, -0.05) is 5.16 Å². The maximum absolute atomic E-state index is 12.8. The number of aryl methyl sites for hydroxylation is 1. The van der Waals surface area contributed by atoms with Crippen LogP contribution in [0.1, 0.15) is 18.1 Å². The highest BCUT2D eigenvalue weighted by Gasteiger charge is 2.20. The number of benzene rings is 1. The van der Waals surface area contributed by atoms with E-state index in [0.29, 0.717) is 53.5 Å². The monoisotopic (exact) mass is 442 g/mol. The second-order valence-electron chi connectivity index (χ2n) is 6.89. The molecule has 0 bridgehead atoms. The van der Waals surface area contributed by atoms with Crippen molar-refractivity contribution in [3.63, 3.8) is 0 Å². The number of nitrogens with zero attached hydrogens (tertiary/aromatic N) is 5. The average molecular weight is 442 g/mol. The second-order valence-corrected chi connectivity index (χ2v) is 8.66. The highest BCUT2D eigenvalue weighted by molar-refractivity contribution is 7.89. The van der Waals surface area contributed by atoms with Gasteiger partial charge in [-0.2, -0.15) is 4.98 Å². The van der Waals surface area contributed by atoms with E-state index in [1.807, 2.05) is 0 Å². The number of hydrogen-bond donors (Lipinski definition) is 1. The highest BCUT2D eigenvalue weighted by Crippen LogP contribution is 2.31. The van der Waals surface area contributed by atoms with Crippen molar-refractivity contribution in [3.8, 4) is 23.0 Å². The first-order chi connectivity index (χ1) is 15.0. The fourth-order valence-corrected chi connectivity index (χ4v) is 4.16. The minimum absolute atomic E-state index is 0.0447. The van der Waals surface area contributed by atoms with Gasteiger partial charge >= 0.3 is 0 Å². The molecule has 0 saturated carbocycles. The van der Waals surface area contributed by atoms with Crippen LogP contribution in [-0.2, 0) is 16.6 Å². The van der Waals surface area contributed by atoms with Gasteiger partial charge < -0.3 is 14.0 Å². The Morgan fingerprint density at radius 1 is 1.10 bits per heavy atom. The van der Waals surface area contributed by atoms with Crippen molar-refractivity contribution in [2.24, 2.45) is 0 Å². The van der Waals surface area contributed by atoms with Crippen LogP contribution in [0.15, 0.2) is 45.9 Å². The number of ether oxygens (including phenoxy) is 2. The standard InChI is InChI=1S/C19H18N6O5S/c1-12-21-19(30-24-12)13-5-6-25-17(9-13)22-23-18(25)11-20-31(26,27)14-3-4-15-16(10-14)29-8-2-7-28-15/h3-6,9-10,20H,2,7-8,11H2,1H3. The van der Waals surface area contributed by atoms with E-state index in [-0.39, 0.29) is 11.4 Å². The molecule has 0 saturated heterocycles. The molecule has 4 aromatic rings. The summed E-state index contributed by atoms with van der Waals surface area (Å²) in [5.41, 5.74) is 1.22. The van der Waals surface area contributed by atoms with Crippen molar-refractivity contribution in [2.75, 3.05) is 13.2 Å². The maximum Gasteiger partial charge on any atom is 0.258 e. The lowest BCUT2D eigenvalue weighted by Gasteiger charge is -2.10. The van der Waals surface area contributed by atoms with Crippen molar-refractivity contribution >= 4 is 15.7 Å². The number of aromatic nitrogens is 5. The lowest BCUT2D eigenvalue weighted by Crippen LogP contribution is -2.24. The number of fused-ring (bicyclic) bond motifs is 2. The smallest absolute Gasteiger partial charge is 0.258 e. The summed E-state index contributed by atoms with van der Waals surface area (Å²) in [5, 5.41) is 12.0. The quantitative estimate of drug-likeness (QED) is 0.490. The van der Waals surface area contributed by atoms with E-state index in [9.17, 15) is 8.42 Å². The molecule has 1 aliphatic rings. The van der Waals surface area contributed by atoms with E-state index in [1.54, 1.807) is 35.7 Å². The van der Waals surface area contributed by atoms with Crippen molar-refractivity contribution < 1.29 is 22.4 Å². The molecule has 1 aromatic carbocycles. The Morgan fingerprint density at radius 2 is 1.94 bits per heavy atom. The molecule has 5 rings (SSSR count). The maximum atomic E-state index is 12.8. The van der Waals surface area contributed by atoms with E-state index in [0.717, 1.165) is 6.42 Å². The van der Waals surface area contributed by atoms with Gasteiger partial charge in [-0.3, -0.25) is 4.40 Å². The van der Waals surface area contributed by atoms with Gasteiger partial charge in [0.2, 0.25) is 10.0 Å². The summed E-state index contributed by atoms with van der Waals surface area (Å²) in [6, 6.07) is 8.05. The molecule has 0 atom stereocenters. The van der Waals surface area contributed by atoms with Crippen LogP contribution in [0, 0.1) is 6.92 Å². The molecule has 0 radical (unpaired) electrons. The first kappa shape index (κ1) is 19.5. The van der Waals surface area contributed by atoms with E-state index in [2.05, 4.69) is 25.1 Å². The Labute approximate surface area is 177 Å². The molecule has 31 heavy (non-hydrogen) atoms. The molecule has 0 spiro atoms.